The van der Waals surface area contributed by atoms with Crippen molar-refractivity contribution in [3.63, 3.8) is 0 Å². The maximum atomic E-state index is 11.8. The monoisotopic (exact) mass is 379 g/mol. The first-order valence-electron chi connectivity index (χ1n) is 7.68. The van der Waals surface area contributed by atoms with Crippen molar-refractivity contribution >= 4 is 21.8 Å². The highest BCUT2D eigenvalue weighted by atomic mass is 79.9. The first-order chi connectivity index (χ1) is 11.0. The number of carbonyl (C=O) groups excluding carboxylic acids is 1. The third kappa shape index (κ3) is 5.48. The van der Waals surface area contributed by atoms with Gasteiger partial charge in [0.05, 0.1) is 16.8 Å². The van der Waals surface area contributed by atoms with Crippen molar-refractivity contribution in [2.24, 2.45) is 0 Å². The van der Waals surface area contributed by atoms with E-state index in [2.05, 4.69) is 40.2 Å². The Morgan fingerprint density at radius 3 is 2.52 bits per heavy atom. The third-order valence-corrected chi connectivity index (χ3v) is 4.06. The molecule has 2 aromatic rings. The average Bonchev–Trinajstić information content (AvgIpc) is 2.96. The standard InChI is InChI=1S/C17H22BrN3O2/c1-12(2)13-3-5-14(6-4-13)16(22)10-19-17(23)7-8-21-11-15(18)9-20-21/h3-6,9,11-12,16,22H,7-8,10H2,1-2H3,(H,19,23). The number of hydrogen-bond donors (Lipinski definition) is 2. The second-order valence-electron chi connectivity index (χ2n) is 5.81. The largest absolute Gasteiger partial charge is 0.387 e. The fourth-order valence-electron chi connectivity index (χ4n) is 2.20. The Morgan fingerprint density at radius 2 is 1.96 bits per heavy atom. The van der Waals surface area contributed by atoms with Crippen LogP contribution in [0.1, 0.15) is 43.4 Å². The van der Waals surface area contributed by atoms with Gasteiger partial charge in [0.25, 0.3) is 0 Å². The highest BCUT2D eigenvalue weighted by Gasteiger charge is 2.10. The Hall–Kier alpha value is -1.66. The number of benzene rings is 1. The van der Waals surface area contributed by atoms with Crippen molar-refractivity contribution in [1.82, 2.24) is 15.1 Å². The summed E-state index contributed by atoms with van der Waals surface area (Å²) in [5.41, 5.74) is 2.04. The van der Waals surface area contributed by atoms with Gasteiger partial charge in [-0.05, 0) is 33.0 Å². The lowest BCUT2D eigenvalue weighted by Gasteiger charge is -2.14. The fourth-order valence-corrected chi connectivity index (χ4v) is 2.52. The van der Waals surface area contributed by atoms with Gasteiger partial charge in [0.15, 0.2) is 0 Å². The zero-order chi connectivity index (χ0) is 16.8. The molecule has 124 valence electrons. The van der Waals surface area contributed by atoms with Gasteiger partial charge in [-0.1, -0.05) is 38.1 Å². The van der Waals surface area contributed by atoms with Crippen LogP contribution < -0.4 is 5.32 Å². The van der Waals surface area contributed by atoms with Gasteiger partial charge < -0.3 is 10.4 Å². The molecule has 0 saturated carbocycles. The number of nitrogens with one attached hydrogen (secondary N) is 1. The van der Waals surface area contributed by atoms with Crippen LogP contribution >= 0.6 is 15.9 Å². The number of hydrogen-bond acceptors (Lipinski definition) is 3. The van der Waals surface area contributed by atoms with E-state index in [1.54, 1.807) is 10.9 Å². The lowest BCUT2D eigenvalue weighted by atomic mass is 10.00. The molecule has 6 heteroatoms. The molecular weight excluding hydrogens is 358 g/mol. The van der Waals surface area contributed by atoms with Crippen molar-refractivity contribution < 1.29 is 9.90 Å². The molecule has 0 saturated heterocycles. The molecule has 1 atom stereocenters. The molecular formula is C17H22BrN3O2. The maximum Gasteiger partial charge on any atom is 0.221 e. The third-order valence-electron chi connectivity index (χ3n) is 3.65. The zero-order valence-corrected chi connectivity index (χ0v) is 15.0. The van der Waals surface area contributed by atoms with Gasteiger partial charge >= 0.3 is 0 Å². The molecule has 0 aliphatic heterocycles. The quantitative estimate of drug-likeness (QED) is 0.776. The lowest BCUT2D eigenvalue weighted by molar-refractivity contribution is -0.121. The van der Waals surface area contributed by atoms with Crippen LogP contribution in [0.25, 0.3) is 0 Å². The van der Waals surface area contributed by atoms with Crippen molar-refractivity contribution in [3.05, 3.63) is 52.3 Å². The number of carbonyl (C=O) groups is 1. The Balaban J connectivity index is 1.76. The molecule has 0 spiro atoms. The second-order valence-corrected chi connectivity index (χ2v) is 6.73. The van der Waals surface area contributed by atoms with Crippen LogP contribution in [0, 0.1) is 0 Å². The minimum Gasteiger partial charge on any atom is -0.387 e. The Labute approximate surface area is 144 Å². The summed E-state index contributed by atoms with van der Waals surface area (Å²) >= 11 is 3.31. The number of aliphatic hydroxyl groups is 1. The minimum absolute atomic E-state index is 0.102. The van der Waals surface area contributed by atoms with Gasteiger partial charge in [-0.3, -0.25) is 9.48 Å². The molecule has 1 heterocycles. The summed E-state index contributed by atoms with van der Waals surface area (Å²) in [5, 5.41) is 17.0. The molecule has 0 aliphatic rings. The number of amides is 1. The van der Waals surface area contributed by atoms with Gasteiger partial charge in [-0.2, -0.15) is 5.10 Å². The molecule has 1 amide bonds. The average molecular weight is 380 g/mol. The zero-order valence-electron chi connectivity index (χ0n) is 13.4. The van der Waals surface area contributed by atoms with Crippen LogP contribution in [-0.4, -0.2) is 27.3 Å². The Morgan fingerprint density at radius 1 is 1.30 bits per heavy atom. The van der Waals surface area contributed by atoms with Crippen LogP contribution in [0.4, 0.5) is 0 Å². The first-order valence-corrected chi connectivity index (χ1v) is 8.47. The van der Waals surface area contributed by atoms with E-state index >= 15 is 0 Å². The Bertz CT molecular complexity index is 638. The second kappa shape index (κ2) is 8.26. The molecule has 5 nitrogen and oxygen atoms in total. The summed E-state index contributed by atoms with van der Waals surface area (Å²) in [6, 6.07) is 7.85. The molecule has 1 aromatic heterocycles. The number of halogens is 1. The summed E-state index contributed by atoms with van der Waals surface area (Å²) < 4.78 is 2.59. The van der Waals surface area contributed by atoms with E-state index < -0.39 is 6.10 Å². The predicted octanol–water partition coefficient (Wildman–Crippen LogP) is 3.01. The number of aromatic nitrogens is 2. The Kier molecular flexibility index (Phi) is 6.36. The van der Waals surface area contributed by atoms with Gasteiger partial charge in [-0.25, -0.2) is 0 Å². The highest BCUT2D eigenvalue weighted by Crippen LogP contribution is 2.18. The smallest absolute Gasteiger partial charge is 0.221 e. The molecule has 0 radical (unpaired) electrons. The topological polar surface area (TPSA) is 67.2 Å². The van der Waals surface area contributed by atoms with Crippen molar-refractivity contribution in [3.8, 4) is 0 Å². The van der Waals surface area contributed by atoms with Crippen LogP contribution in [0.2, 0.25) is 0 Å². The van der Waals surface area contributed by atoms with Crippen LogP contribution in [-0.2, 0) is 11.3 Å². The van der Waals surface area contributed by atoms with Crippen molar-refractivity contribution in [1.29, 1.82) is 0 Å². The molecule has 0 bridgehead atoms. The van der Waals surface area contributed by atoms with E-state index in [-0.39, 0.29) is 12.5 Å². The van der Waals surface area contributed by atoms with Crippen molar-refractivity contribution in [2.75, 3.05) is 6.54 Å². The van der Waals surface area contributed by atoms with E-state index in [0.717, 1.165) is 10.0 Å². The van der Waals surface area contributed by atoms with Crippen LogP contribution in [0.5, 0.6) is 0 Å². The SMILES string of the molecule is CC(C)c1ccc(C(O)CNC(=O)CCn2cc(Br)cn2)cc1. The normalized spacial score (nSPS) is 12.4. The summed E-state index contributed by atoms with van der Waals surface area (Å²) in [4.78, 5) is 11.8. The lowest BCUT2D eigenvalue weighted by Crippen LogP contribution is -2.29. The highest BCUT2D eigenvalue weighted by molar-refractivity contribution is 9.10. The number of nitrogens with zero attached hydrogens (tertiary/aromatic N) is 2. The van der Waals surface area contributed by atoms with Gasteiger partial charge in [-0.15, -0.1) is 0 Å². The molecule has 2 N–H and O–H groups in total. The van der Waals surface area contributed by atoms with Gasteiger partial charge in [0.2, 0.25) is 5.91 Å². The number of aliphatic hydroxyl groups excluding tert-OH is 1. The van der Waals surface area contributed by atoms with Crippen LogP contribution in [0.15, 0.2) is 41.1 Å². The van der Waals surface area contributed by atoms with E-state index in [4.69, 9.17) is 0 Å². The van der Waals surface area contributed by atoms with E-state index in [1.807, 2.05) is 30.5 Å². The minimum atomic E-state index is -0.695. The van der Waals surface area contributed by atoms with E-state index in [9.17, 15) is 9.90 Å². The summed E-state index contributed by atoms with van der Waals surface area (Å²) in [7, 11) is 0. The fraction of sp³-hybridized carbons (Fsp3) is 0.412. The molecule has 1 aromatic carbocycles. The number of aryl methyl sites for hydroxylation is 1. The van der Waals surface area contributed by atoms with Crippen molar-refractivity contribution in [2.45, 2.75) is 38.8 Å². The molecule has 1 unspecified atom stereocenters. The van der Waals surface area contributed by atoms with Gasteiger partial charge in [0, 0.05) is 25.7 Å². The summed E-state index contributed by atoms with van der Waals surface area (Å²) in [6.07, 6.45) is 3.13. The molecule has 23 heavy (non-hydrogen) atoms. The summed E-state index contributed by atoms with van der Waals surface area (Å²) in [5.74, 6) is 0.359. The first kappa shape index (κ1) is 17.7. The molecule has 0 fully saturated rings. The van der Waals surface area contributed by atoms with E-state index in [0.29, 0.717) is 18.9 Å². The van der Waals surface area contributed by atoms with Gasteiger partial charge in [0.1, 0.15) is 0 Å². The molecule has 0 aliphatic carbocycles. The predicted molar refractivity (Wildman–Crippen MR) is 93.0 cm³/mol. The summed E-state index contributed by atoms with van der Waals surface area (Å²) in [6.45, 7) is 4.98. The number of rotatable bonds is 7. The molecule has 2 rings (SSSR count). The van der Waals surface area contributed by atoms with E-state index in [1.165, 1.54) is 5.56 Å². The van der Waals surface area contributed by atoms with Crippen LogP contribution in [0.3, 0.4) is 0 Å². The maximum absolute atomic E-state index is 11.8.